The van der Waals surface area contributed by atoms with Crippen molar-refractivity contribution in [2.75, 3.05) is 6.61 Å². The van der Waals surface area contributed by atoms with Crippen LogP contribution in [-0.4, -0.2) is 65.2 Å². The number of ether oxygens (including phenoxy) is 4. The Morgan fingerprint density at radius 2 is 1.80 bits per heavy atom. The van der Waals surface area contributed by atoms with E-state index in [0.29, 0.717) is 31.8 Å². The summed E-state index contributed by atoms with van der Waals surface area (Å²) < 4.78 is 24.1. The van der Waals surface area contributed by atoms with Crippen LogP contribution in [0.2, 0.25) is 0 Å². The van der Waals surface area contributed by atoms with E-state index in [2.05, 4.69) is 12.2 Å². The average molecular weight is 568 g/mol. The van der Waals surface area contributed by atoms with Gasteiger partial charge in [0.15, 0.2) is 11.9 Å². The Morgan fingerprint density at radius 1 is 1.02 bits per heavy atom. The van der Waals surface area contributed by atoms with Crippen molar-refractivity contribution in [1.82, 2.24) is 5.32 Å². The number of carboxylic acid groups (broad SMARTS) is 1. The Kier molecular flexibility index (Phi) is 8.26. The van der Waals surface area contributed by atoms with Crippen molar-refractivity contribution in [3.05, 3.63) is 0 Å². The van der Waals surface area contributed by atoms with Gasteiger partial charge in [-0.1, -0.05) is 13.8 Å². The molecule has 0 aromatic carbocycles. The normalized spacial score (nSPS) is 42.7. The van der Waals surface area contributed by atoms with Gasteiger partial charge in [-0.2, -0.15) is 0 Å². The number of aliphatic carboxylic acids is 1. The lowest BCUT2D eigenvalue weighted by atomic mass is 9.58. The van der Waals surface area contributed by atoms with Crippen LogP contribution in [0.15, 0.2) is 0 Å². The number of amides is 1. The van der Waals surface area contributed by atoms with Gasteiger partial charge in [0.25, 0.3) is 0 Å². The molecule has 5 saturated heterocycles. The molecule has 11 heteroatoms. The number of rotatable bonds is 8. The quantitative estimate of drug-likeness (QED) is 0.330. The van der Waals surface area contributed by atoms with Crippen LogP contribution >= 0.6 is 0 Å². The largest absolute Gasteiger partial charge is 0.481 e. The van der Waals surface area contributed by atoms with Crippen LogP contribution in [0.4, 0.5) is 0 Å². The fourth-order valence-electron chi connectivity index (χ4n) is 7.84. The fraction of sp³-hybridized carbons (Fsp3) is 0.897. The fourth-order valence-corrected chi connectivity index (χ4v) is 7.84. The number of fused-ring (bicyclic) bond motifs is 2. The molecule has 1 aliphatic carbocycles. The van der Waals surface area contributed by atoms with Crippen molar-refractivity contribution >= 4 is 17.8 Å². The van der Waals surface area contributed by atoms with Crippen LogP contribution in [0, 0.1) is 29.6 Å². The molecule has 40 heavy (non-hydrogen) atoms. The maximum atomic E-state index is 12.9. The molecule has 5 heterocycles. The third kappa shape index (κ3) is 5.77. The molecule has 1 amide bonds. The van der Waals surface area contributed by atoms with Crippen molar-refractivity contribution in [2.24, 2.45) is 29.6 Å². The molecule has 2 bridgehead atoms. The summed E-state index contributed by atoms with van der Waals surface area (Å²) in [6, 6.07) is -0.532. The zero-order chi connectivity index (χ0) is 28.9. The van der Waals surface area contributed by atoms with Gasteiger partial charge >= 0.3 is 11.9 Å². The first-order valence-electron chi connectivity index (χ1n) is 14.9. The van der Waals surface area contributed by atoms with Crippen LogP contribution in [0.3, 0.4) is 0 Å². The van der Waals surface area contributed by atoms with Gasteiger partial charge in [0.2, 0.25) is 18.0 Å². The average Bonchev–Trinajstić information content (AvgIpc) is 3.10. The van der Waals surface area contributed by atoms with Crippen molar-refractivity contribution in [2.45, 2.75) is 128 Å². The van der Waals surface area contributed by atoms with E-state index in [4.69, 9.17) is 28.7 Å². The lowest BCUT2D eigenvalue weighted by Crippen LogP contribution is -2.70. The number of carboxylic acids is 1. The number of esters is 1. The zero-order valence-corrected chi connectivity index (χ0v) is 24.3. The summed E-state index contributed by atoms with van der Waals surface area (Å²) in [7, 11) is 0. The van der Waals surface area contributed by atoms with Crippen molar-refractivity contribution < 1.29 is 48.2 Å². The first kappa shape index (κ1) is 29.7. The number of hydrogen-bond acceptors (Lipinski definition) is 9. The minimum Gasteiger partial charge on any atom is -0.481 e. The first-order chi connectivity index (χ1) is 18.8. The maximum Gasteiger partial charge on any atom is 0.308 e. The molecular formula is C29H45NO10. The number of carbonyl (C=O) groups is 3. The molecule has 2 N–H and O–H groups in total. The molecule has 6 rings (SSSR count). The van der Waals surface area contributed by atoms with E-state index in [1.54, 1.807) is 0 Å². The van der Waals surface area contributed by atoms with Crippen molar-refractivity contribution in [3.8, 4) is 0 Å². The van der Waals surface area contributed by atoms with Gasteiger partial charge in [-0.3, -0.25) is 14.4 Å². The number of nitrogens with one attached hydrogen (secondary N) is 1. The Balaban J connectivity index is 1.19. The van der Waals surface area contributed by atoms with Crippen molar-refractivity contribution in [1.29, 1.82) is 0 Å². The van der Waals surface area contributed by atoms with Gasteiger partial charge in [0, 0.05) is 37.3 Å². The highest BCUT2D eigenvalue weighted by molar-refractivity contribution is 5.82. The lowest BCUT2D eigenvalue weighted by molar-refractivity contribution is -0.576. The molecule has 0 radical (unpaired) electrons. The molecule has 11 nitrogen and oxygen atoms in total. The van der Waals surface area contributed by atoms with Crippen molar-refractivity contribution in [3.63, 3.8) is 0 Å². The van der Waals surface area contributed by atoms with Crippen LogP contribution in [-0.2, 0) is 43.1 Å². The van der Waals surface area contributed by atoms with E-state index >= 15 is 0 Å². The maximum absolute atomic E-state index is 12.9. The number of carbonyl (C=O) groups excluding carboxylic acids is 2. The molecule has 5 aliphatic heterocycles. The van der Waals surface area contributed by atoms with Gasteiger partial charge < -0.3 is 29.4 Å². The van der Waals surface area contributed by atoms with Gasteiger partial charge in [-0.15, -0.1) is 0 Å². The summed E-state index contributed by atoms with van der Waals surface area (Å²) in [5.41, 5.74) is -1.12. The third-order valence-electron chi connectivity index (χ3n) is 9.95. The third-order valence-corrected chi connectivity index (χ3v) is 9.95. The molecule has 1 spiro atoms. The lowest BCUT2D eigenvalue weighted by Gasteiger charge is -2.59. The van der Waals surface area contributed by atoms with E-state index in [1.807, 2.05) is 27.7 Å². The molecule has 1 saturated carbocycles. The summed E-state index contributed by atoms with van der Waals surface area (Å²) in [4.78, 5) is 49.1. The minimum atomic E-state index is -0.979. The second kappa shape index (κ2) is 11.1. The monoisotopic (exact) mass is 567 g/mol. The Hall–Kier alpha value is -1.79. The molecule has 0 aromatic rings. The van der Waals surface area contributed by atoms with Gasteiger partial charge in [0.05, 0.1) is 18.4 Å². The van der Waals surface area contributed by atoms with Crippen LogP contribution in [0.25, 0.3) is 0 Å². The van der Waals surface area contributed by atoms with E-state index in [0.717, 1.165) is 19.3 Å². The summed E-state index contributed by atoms with van der Waals surface area (Å²) >= 11 is 0. The first-order valence-corrected chi connectivity index (χ1v) is 14.9. The highest BCUT2D eigenvalue weighted by Crippen LogP contribution is 2.60. The molecule has 226 valence electrons. The highest BCUT2D eigenvalue weighted by atomic mass is 17.3. The number of hydrogen-bond donors (Lipinski definition) is 2. The molecular weight excluding hydrogens is 522 g/mol. The Labute approximate surface area is 235 Å². The molecule has 10 atom stereocenters. The van der Waals surface area contributed by atoms with E-state index in [-0.39, 0.29) is 54.4 Å². The summed E-state index contributed by atoms with van der Waals surface area (Å²) in [5.74, 6) is -2.34. The summed E-state index contributed by atoms with van der Waals surface area (Å²) in [5, 5.41) is 12.3. The topological polar surface area (TPSA) is 139 Å². The smallest absolute Gasteiger partial charge is 0.308 e. The summed E-state index contributed by atoms with van der Waals surface area (Å²) in [6.07, 6.45) is 2.85. The molecule has 6 aliphatic rings. The minimum absolute atomic E-state index is 0.0236. The highest BCUT2D eigenvalue weighted by Gasteiger charge is 2.69. The standard InChI is InChI=1S/C29H45NO10/c1-16-6-7-20-17(2)25(37-26-29(20)19(16)10-12-28(5,38-26)39-40-29)36-24(34)9-8-22(31)30-21(14-23(32)33)18-11-13-35-27(3,4)15-18/h16-21,25-26H,6-15H2,1-5H3,(H,30,31)(H,32,33). The Bertz CT molecular complexity index is 988. The molecule has 0 aromatic heterocycles. The zero-order valence-electron chi connectivity index (χ0n) is 24.3. The van der Waals surface area contributed by atoms with E-state index in [1.165, 1.54) is 0 Å². The van der Waals surface area contributed by atoms with E-state index < -0.39 is 41.9 Å². The predicted molar refractivity (Wildman–Crippen MR) is 139 cm³/mol. The second-order valence-electron chi connectivity index (χ2n) is 13.4. The predicted octanol–water partition coefficient (Wildman–Crippen LogP) is 3.68. The van der Waals surface area contributed by atoms with Crippen LogP contribution < -0.4 is 5.32 Å². The summed E-state index contributed by atoms with van der Waals surface area (Å²) in [6.45, 7) is 10.5. The van der Waals surface area contributed by atoms with Gasteiger partial charge in [-0.05, 0) is 70.6 Å². The van der Waals surface area contributed by atoms with Crippen LogP contribution in [0.5, 0.6) is 0 Å². The molecule has 10 unspecified atom stereocenters. The SMILES string of the molecule is CC1CCC2C(C)C(OC(=O)CCC(=O)NC(CC(=O)O)C3CCOC(C)(C)C3)OC3OC4(C)CCC1C32OO4. The van der Waals surface area contributed by atoms with E-state index in [9.17, 15) is 19.5 Å². The Morgan fingerprint density at radius 3 is 2.52 bits per heavy atom. The van der Waals surface area contributed by atoms with Gasteiger partial charge in [-0.25, -0.2) is 9.78 Å². The molecule has 6 fully saturated rings. The second-order valence-corrected chi connectivity index (χ2v) is 13.4. The van der Waals surface area contributed by atoms with Gasteiger partial charge in [0.1, 0.15) is 0 Å². The van der Waals surface area contributed by atoms with Crippen LogP contribution in [0.1, 0.15) is 92.4 Å².